The van der Waals surface area contributed by atoms with Crippen molar-refractivity contribution in [3.05, 3.63) is 35.9 Å². The summed E-state index contributed by atoms with van der Waals surface area (Å²) < 4.78 is 0. The molecule has 0 heterocycles. The van der Waals surface area contributed by atoms with Crippen LogP contribution < -0.4 is 5.32 Å². The topological polar surface area (TPSA) is 12.0 Å². The molecule has 1 nitrogen and oxygen atoms in total. The lowest BCUT2D eigenvalue weighted by molar-refractivity contribution is -0.0704. The van der Waals surface area contributed by atoms with Crippen LogP contribution in [-0.2, 0) is 0 Å². The molecule has 0 radical (unpaired) electrons. The van der Waals surface area contributed by atoms with Crippen LogP contribution in [0.4, 0.5) is 0 Å². The zero-order valence-electron chi connectivity index (χ0n) is 17.2. The number of halogens is 1. The van der Waals surface area contributed by atoms with Crippen molar-refractivity contribution in [3.63, 3.8) is 0 Å². The summed E-state index contributed by atoms with van der Waals surface area (Å²) >= 11 is 0. The molecule has 1 unspecified atom stereocenters. The lowest BCUT2D eigenvalue weighted by Crippen LogP contribution is -2.48. The minimum absolute atomic E-state index is 0. The number of nitrogens with one attached hydrogen (secondary N) is 1. The van der Waals surface area contributed by atoms with Gasteiger partial charge in [0.1, 0.15) is 0 Å². The molecule has 4 fully saturated rings. The van der Waals surface area contributed by atoms with Crippen molar-refractivity contribution in [1.82, 2.24) is 5.32 Å². The summed E-state index contributed by atoms with van der Waals surface area (Å²) in [6.45, 7) is 2.34. The zero-order chi connectivity index (χ0) is 17.7. The highest BCUT2D eigenvalue weighted by Gasteiger charge is 2.53. The normalized spacial score (nSPS) is 32.3. The first-order valence-electron chi connectivity index (χ1n) is 10.8. The van der Waals surface area contributed by atoms with Crippen molar-refractivity contribution in [3.8, 4) is 0 Å². The molecule has 4 aliphatic carbocycles. The number of benzene rings is 1. The third kappa shape index (κ3) is 4.84. The summed E-state index contributed by atoms with van der Waals surface area (Å²) in [6.07, 6.45) is 15.0. The molecule has 0 amide bonds. The first kappa shape index (κ1) is 21.8. The predicted molar refractivity (Wildman–Crippen MR) is 116 cm³/mol. The van der Waals surface area contributed by atoms with E-state index in [0.717, 1.165) is 23.7 Å². The third-order valence-electron chi connectivity index (χ3n) is 7.12. The quantitative estimate of drug-likeness (QED) is 0.536. The number of rotatable bonds is 6. The van der Waals surface area contributed by atoms with E-state index in [9.17, 15) is 0 Å². The van der Waals surface area contributed by atoms with Gasteiger partial charge >= 0.3 is 0 Å². The highest BCUT2D eigenvalue weighted by atomic mass is 35.5. The second-order valence-corrected chi connectivity index (χ2v) is 9.24. The van der Waals surface area contributed by atoms with Gasteiger partial charge in [-0.25, -0.2) is 0 Å². The SMILES string of the molecule is CCCCCC(c1ccccc1)C12CC3CC(CC(C3)C1)C2.CNC.Cl. The molecule has 1 aromatic carbocycles. The molecule has 1 atom stereocenters. The summed E-state index contributed by atoms with van der Waals surface area (Å²) in [4.78, 5) is 0. The Kier molecular flexibility index (Phi) is 8.48. The molecule has 4 bridgehead atoms. The fourth-order valence-corrected chi connectivity index (χ4v) is 6.71. The lowest BCUT2D eigenvalue weighted by atomic mass is 9.45. The molecule has 0 saturated heterocycles. The standard InChI is InChI=1S/C22H32.C2H7N.ClH/c1-2-3-5-10-21(20-8-6-4-7-9-20)22-14-17-11-18(15-22)13-19(12-17)16-22;1-3-2;/h4,6-9,17-19,21H,2-3,5,10-16H2,1H3;3H,1-2H3;1H. The van der Waals surface area contributed by atoms with Gasteiger partial charge in [-0.1, -0.05) is 56.5 Å². The van der Waals surface area contributed by atoms with Crippen LogP contribution >= 0.6 is 12.4 Å². The molecule has 26 heavy (non-hydrogen) atoms. The van der Waals surface area contributed by atoms with Gasteiger partial charge in [-0.15, -0.1) is 12.4 Å². The van der Waals surface area contributed by atoms with Gasteiger partial charge in [0.2, 0.25) is 0 Å². The molecule has 0 aromatic heterocycles. The van der Waals surface area contributed by atoms with Crippen LogP contribution in [0, 0.1) is 23.2 Å². The lowest BCUT2D eigenvalue weighted by Gasteiger charge is -2.60. The Labute approximate surface area is 168 Å². The second-order valence-electron chi connectivity index (χ2n) is 9.24. The van der Waals surface area contributed by atoms with Crippen molar-refractivity contribution in [2.24, 2.45) is 23.2 Å². The minimum atomic E-state index is 0. The van der Waals surface area contributed by atoms with Crippen molar-refractivity contribution >= 4 is 12.4 Å². The van der Waals surface area contributed by atoms with Crippen LogP contribution in [0.1, 0.15) is 82.6 Å². The maximum absolute atomic E-state index is 2.75. The van der Waals surface area contributed by atoms with Crippen molar-refractivity contribution in [1.29, 1.82) is 0 Å². The summed E-state index contributed by atoms with van der Waals surface area (Å²) in [5.41, 5.74) is 2.32. The van der Waals surface area contributed by atoms with Gasteiger partial charge in [0.25, 0.3) is 0 Å². The largest absolute Gasteiger partial charge is 0.323 e. The Morgan fingerprint density at radius 2 is 1.42 bits per heavy atom. The van der Waals surface area contributed by atoms with Gasteiger partial charge in [0.15, 0.2) is 0 Å². The highest BCUT2D eigenvalue weighted by Crippen LogP contribution is 2.65. The van der Waals surface area contributed by atoms with E-state index in [1.165, 1.54) is 25.7 Å². The molecule has 0 aliphatic heterocycles. The molecule has 5 rings (SSSR count). The average molecular weight is 378 g/mol. The van der Waals surface area contributed by atoms with Gasteiger partial charge in [-0.05, 0) is 93.7 Å². The molecular formula is C24H40ClN. The fraction of sp³-hybridized carbons (Fsp3) is 0.750. The Morgan fingerprint density at radius 3 is 1.88 bits per heavy atom. The van der Waals surface area contributed by atoms with Crippen LogP contribution in [0.5, 0.6) is 0 Å². The average Bonchev–Trinajstić information content (AvgIpc) is 2.59. The van der Waals surface area contributed by atoms with Crippen LogP contribution in [0.15, 0.2) is 30.3 Å². The summed E-state index contributed by atoms with van der Waals surface area (Å²) in [6, 6.07) is 11.6. The molecule has 1 aromatic rings. The summed E-state index contributed by atoms with van der Waals surface area (Å²) in [7, 11) is 3.75. The second kappa shape index (κ2) is 10.1. The number of hydrogen-bond donors (Lipinski definition) is 1. The van der Waals surface area contributed by atoms with Crippen molar-refractivity contribution < 1.29 is 0 Å². The van der Waals surface area contributed by atoms with Crippen molar-refractivity contribution in [2.75, 3.05) is 14.1 Å². The van der Waals surface area contributed by atoms with E-state index in [1.807, 2.05) is 14.1 Å². The fourth-order valence-electron chi connectivity index (χ4n) is 6.71. The van der Waals surface area contributed by atoms with Crippen molar-refractivity contribution in [2.45, 2.75) is 77.0 Å². The van der Waals surface area contributed by atoms with Gasteiger partial charge in [0.05, 0.1) is 0 Å². The van der Waals surface area contributed by atoms with E-state index in [1.54, 1.807) is 44.1 Å². The Morgan fingerprint density at radius 1 is 0.923 bits per heavy atom. The van der Waals surface area contributed by atoms with Crippen LogP contribution in [-0.4, -0.2) is 14.1 Å². The Bertz CT molecular complexity index is 477. The Hall–Kier alpha value is -0.530. The first-order valence-corrected chi connectivity index (χ1v) is 10.8. The Balaban J connectivity index is 0.000000570. The predicted octanol–water partition coefficient (Wildman–Crippen LogP) is 6.82. The minimum Gasteiger partial charge on any atom is -0.323 e. The van der Waals surface area contributed by atoms with E-state index in [0.29, 0.717) is 5.41 Å². The number of hydrogen-bond acceptors (Lipinski definition) is 1. The van der Waals surface area contributed by atoms with E-state index >= 15 is 0 Å². The monoisotopic (exact) mass is 377 g/mol. The molecular weight excluding hydrogens is 338 g/mol. The molecule has 0 spiro atoms. The van der Waals surface area contributed by atoms with Gasteiger partial charge in [-0.2, -0.15) is 0 Å². The molecule has 2 heteroatoms. The molecule has 1 N–H and O–H groups in total. The van der Waals surface area contributed by atoms with Gasteiger partial charge in [-0.3, -0.25) is 0 Å². The first-order chi connectivity index (χ1) is 12.2. The summed E-state index contributed by atoms with van der Waals surface area (Å²) in [5.74, 6) is 4.06. The molecule has 4 saturated carbocycles. The smallest absolute Gasteiger partial charge is 0.0105 e. The zero-order valence-corrected chi connectivity index (χ0v) is 18.0. The maximum atomic E-state index is 2.75. The third-order valence-corrected chi connectivity index (χ3v) is 7.12. The van der Waals surface area contributed by atoms with Gasteiger partial charge < -0.3 is 5.32 Å². The molecule has 4 aliphatic rings. The van der Waals surface area contributed by atoms with Crippen LogP contribution in [0.25, 0.3) is 0 Å². The highest BCUT2D eigenvalue weighted by molar-refractivity contribution is 5.85. The summed E-state index contributed by atoms with van der Waals surface area (Å²) in [5, 5.41) is 2.75. The molecule has 148 valence electrons. The van der Waals surface area contributed by atoms with Crippen LogP contribution in [0.2, 0.25) is 0 Å². The van der Waals surface area contributed by atoms with E-state index in [2.05, 4.69) is 42.6 Å². The maximum Gasteiger partial charge on any atom is -0.0105 e. The van der Waals surface area contributed by atoms with Crippen LogP contribution in [0.3, 0.4) is 0 Å². The number of unbranched alkanes of at least 4 members (excludes halogenated alkanes) is 2. The van der Waals surface area contributed by atoms with E-state index < -0.39 is 0 Å². The van der Waals surface area contributed by atoms with Gasteiger partial charge in [0, 0.05) is 0 Å². The van der Waals surface area contributed by atoms with E-state index in [-0.39, 0.29) is 12.4 Å². The van der Waals surface area contributed by atoms with E-state index in [4.69, 9.17) is 0 Å².